The molecular formula is C12H18ClN3O2. The van der Waals surface area contributed by atoms with Crippen LogP contribution in [0.5, 0.6) is 0 Å². The van der Waals surface area contributed by atoms with E-state index < -0.39 is 0 Å². The maximum atomic E-state index is 11.9. The van der Waals surface area contributed by atoms with Gasteiger partial charge in [0, 0.05) is 29.9 Å². The molecule has 0 radical (unpaired) electrons. The van der Waals surface area contributed by atoms with E-state index in [1.807, 2.05) is 0 Å². The Morgan fingerprint density at radius 2 is 2.28 bits per heavy atom. The van der Waals surface area contributed by atoms with Crippen LogP contribution < -0.4 is 16.2 Å². The van der Waals surface area contributed by atoms with Crippen LogP contribution >= 0.6 is 12.4 Å². The fourth-order valence-electron chi connectivity index (χ4n) is 2.08. The number of aromatic nitrogens is 1. The summed E-state index contributed by atoms with van der Waals surface area (Å²) in [5.74, 6) is -0.184. The lowest BCUT2D eigenvalue weighted by atomic mass is 9.99. The van der Waals surface area contributed by atoms with Gasteiger partial charge in [0.05, 0.1) is 0 Å². The molecule has 0 aliphatic carbocycles. The third-order valence-corrected chi connectivity index (χ3v) is 3.12. The molecule has 1 amide bonds. The SMILES string of the molecule is CC1NCCCC1NC(=O)c1cc[nH]c(=O)c1.Cl. The maximum absolute atomic E-state index is 11.9. The van der Waals surface area contributed by atoms with Crippen molar-refractivity contribution in [3.63, 3.8) is 0 Å². The number of carbonyl (C=O) groups excluding carboxylic acids is 1. The van der Waals surface area contributed by atoms with Gasteiger partial charge in [-0.05, 0) is 32.4 Å². The van der Waals surface area contributed by atoms with Crippen LogP contribution in [0.4, 0.5) is 0 Å². The topological polar surface area (TPSA) is 74.0 Å². The lowest BCUT2D eigenvalue weighted by Crippen LogP contribution is -2.51. The van der Waals surface area contributed by atoms with Gasteiger partial charge < -0.3 is 15.6 Å². The molecule has 2 heterocycles. The molecule has 2 rings (SSSR count). The zero-order chi connectivity index (χ0) is 12.3. The quantitative estimate of drug-likeness (QED) is 0.740. The molecule has 1 aliphatic heterocycles. The summed E-state index contributed by atoms with van der Waals surface area (Å²) in [4.78, 5) is 25.5. The Morgan fingerprint density at radius 1 is 1.50 bits per heavy atom. The molecule has 1 fully saturated rings. The zero-order valence-corrected chi connectivity index (χ0v) is 11.0. The highest BCUT2D eigenvalue weighted by molar-refractivity contribution is 5.94. The largest absolute Gasteiger partial charge is 0.348 e. The lowest BCUT2D eigenvalue weighted by Gasteiger charge is -2.30. The molecule has 6 heteroatoms. The number of carbonyl (C=O) groups is 1. The predicted octanol–water partition coefficient (Wildman–Crippen LogP) is 0.667. The van der Waals surface area contributed by atoms with Crippen LogP contribution in [0.15, 0.2) is 23.1 Å². The second-order valence-electron chi connectivity index (χ2n) is 4.41. The predicted molar refractivity (Wildman–Crippen MR) is 72.3 cm³/mol. The summed E-state index contributed by atoms with van der Waals surface area (Å²) < 4.78 is 0. The van der Waals surface area contributed by atoms with E-state index in [4.69, 9.17) is 0 Å². The number of nitrogens with one attached hydrogen (secondary N) is 3. The van der Waals surface area contributed by atoms with Crippen molar-refractivity contribution >= 4 is 18.3 Å². The Hall–Kier alpha value is -1.33. The molecule has 100 valence electrons. The van der Waals surface area contributed by atoms with E-state index in [2.05, 4.69) is 22.5 Å². The van der Waals surface area contributed by atoms with Gasteiger partial charge in [-0.15, -0.1) is 12.4 Å². The molecule has 0 bridgehead atoms. The Kier molecular flexibility index (Phi) is 5.37. The van der Waals surface area contributed by atoms with Crippen LogP contribution in [0.1, 0.15) is 30.1 Å². The molecular weight excluding hydrogens is 254 g/mol. The summed E-state index contributed by atoms with van der Waals surface area (Å²) in [6.07, 6.45) is 3.52. The van der Waals surface area contributed by atoms with Crippen molar-refractivity contribution in [2.24, 2.45) is 0 Å². The van der Waals surface area contributed by atoms with Crippen LogP contribution in [0.25, 0.3) is 0 Å². The van der Waals surface area contributed by atoms with Gasteiger partial charge >= 0.3 is 0 Å². The zero-order valence-electron chi connectivity index (χ0n) is 10.2. The first-order valence-electron chi connectivity index (χ1n) is 5.90. The monoisotopic (exact) mass is 271 g/mol. The fraction of sp³-hybridized carbons (Fsp3) is 0.500. The van der Waals surface area contributed by atoms with Crippen LogP contribution in [-0.4, -0.2) is 29.5 Å². The number of hydrogen-bond acceptors (Lipinski definition) is 3. The first-order chi connectivity index (χ1) is 8.16. The first kappa shape index (κ1) is 14.7. The van der Waals surface area contributed by atoms with E-state index in [0.29, 0.717) is 5.56 Å². The van der Waals surface area contributed by atoms with Gasteiger partial charge in [-0.1, -0.05) is 0 Å². The Bertz CT molecular complexity index is 461. The molecule has 3 N–H and O–H groups in total. The standard InChI is InChI=1S/C12H17N3O2.ClH/c1-8-10(3-2-5-13-8)15-12(17)9-4-6-14-11(16)7-9;/h4,6-8,10,13H,2-3,5H2,1H3,(H,14,16)(H,15,17);1H. The number of rotatable bonds is 2. The molecule has 1 aliphatic rings. The molecule has 0 saturated carbocycles. The van der Waals surface area contributed by atoms with Crippen LogP contribution in [0.2, 0.25) is 0 Å². The van der Waals surface area contributed by atoms with Gasteiger partial charge in [0.1, 0.15) is 0 Å². The Balaban J connectivity index is 0.00000162. The third-order valence-electron chi connectivity index (χ3n) is 3.12. The van der Waals surface area contributed by atoms with Crippen LogP contribution in [-0.2, 0) is 0 Å². The number of amides is 1. The minimum atomic E-state index is -0.257. The molecule has 5 nitrogen and oxygen atoms in total. The second-order valence-corrected chi connectivity index (χ2v) is 4.41. The van der Waals surface area contributed by atoms with Crippen LogP contribution in [0.3, 0.4) is 0 Å². The van der Waals surface area contributed by atoms with Gasteiger partial charge in [-0.3, -0.25) is 9.59 Å². The van der Waals surface area contributed by atoms with E-state index in [1.165, 1.54) is 12.3 Å². The minimum Gasteiger partial charge on any atom is -0.348 e. The number of H-pyrrole nitrogens is 1. The summed E-state index contributed by atoms with van der Waals surface area (Å²) in [7, 11) is 0. The normalized spacial score (nSPS) is 22.9. The Morgan fingerprint density at radius 3 is 2.94 bits per heavy atom. The molecule has 0 spiro atoms. The van der Waals surface area contributed by atoms with Gasteiger partial charge in [-0.25, -0.2) is 0 Å². The van der Waals surface area contributed by atoms with Gasteiger partial charge in [-0.2, -0.15) is 0 Å². The van der Waals surface area contributed by atoms with Gasteiger partial charge in [0.25, 0.3) is 5.91 Å². The second kappa shape index (κ2) is 6.56. The highest BCUT2D eigenvalue weighted by atomic mass is 35.5. The number of piperidine rings is 1. The summed E-state index contributed by atoms with van der Waals surface area (Å²) in [6, 6.07) is 3.33. The van der Waals surface area contributed by atoms with Crippen molar-refractivity contribution in [3.05, 3.63) is 34.2 Å². The average Bonchev–Trinajstić information content (AvgIpc) is 2.32. The summed E-state index contributed by atoms with van der Waals surface area (Å²) in [5, 5.41) is 6.28. The summed E-state index contributed by atoms with van der Waals surface area (Å²) >= 11 is 0. The molecule has 2 atom stereocenters. The van der Waals surface area contributed by atoms with Crippen molar-refractivity contribution in [1.29, 1.82) is 0 Å². The van der Waals surface area contributed by atoms with E-state index >= 15 is 0 Å². The molecule has 18 heavy (non-hydrogen) atoms. The molecule has 1 aromatic rings. The van der Waals surface area contributed by atoms with Crippen molar-refractivity contribution in [2.75, 3.05) is 6.54 Å². The lowest BCUT2D eigenvalue weighted by molar-refractivity contribution is 0.0919. The molecule has 2 unspecified atom stereocenters. The highest BCUT2D eigenvalue weighted by Gasteiger charge is 2.22. The molecule has 0 aromatic carbocycles. The first-order valence-corrected chi connectivity index (χ1v) is 5.90. The fourth-order valence-corrected chi connectivity index (χ4v) is 2.08. The highest BCUT2D eigenvalue weighted by Crippen LogP contribution is 2.09. The summed E-state index contributed by atoms with van der Waals surface area (Å²) in [6.45, 7) is 3.06. The molecule has 1 aromatic heterocycles. The smallest absolute Gasteiger partial charge is 0.251 e. The van der Waals surface area contributed by atoms with E-state index in [0.717, 1.165) is 19.4 Å². The third kappa shape index (κ3) is 3.58. The number of pyridine rings is 1. The van der Waals surface area contributed by atoms with Gasteiger partial charge in [0.2, 0.25) is 5.56 Å². The Labute approximate surface area is 112 Å². The van der Waals surface area contributed by atoms with E-state index in [1.54, 1.807) is 6.07 Å². The van der Waals surface area contributed by atoms with Crippen molar-refractivity contribution < 1.29 is 4.79 Å². The van der Waals surface area contributed by atoms with Crippen molar-refractivity contribution in [3.8, 4) is 0 Å². The van der Waals surface area contributed by atoms with E-state index in [9.17, 15) is 9.59 Å². The number of hydrogen-bond donors (Lipinski definition) is 3. The molecule has 1 saturated heterocycles. The van der Waals surface area contributed by atoms with Crippen molar-refractivity contribution in [1.82, 2.24) is 15.6 Å². The minimum absolute atomic E-state index is 0. The number of aromatic amines is 1. The van der Waals surface area contributed by atoms with E-state index in [-0.39, 0.29) is 36.0 Å². The summed E-state index contributed by atoms with van der Waals surface area (Å²) in [5.41, 5.74) is 0.152. The maximum Gasteiger partial charge on any atom is 0.251 e. The van der Waals surface area contributed by atoms with Crippen molar-refractivity contribution in [2.45, 2.75) is 31.8 Å². The van der Waals surface area contributed by atoms with Crippen LogP contribution in [0, 0.1) is 0 Å². The average molecular weight is 272 g/mol. The number of halogens is 1. The van der Waals surface area contributed by atoms with Gasteiger partial charge in [0.15, 0.2) is 0 Å².